The predicted octanol–water partition coefficient (Wildman–Crippen LogP) is 4.13. The van der Waals surface area contributed by atoms with Crippen LogP contribution in [0.3, 0.4) is 0 Å². The lowest BCUT2D eigenvalue weighted by molar-refractivity contribution is 0.547. The molecule has 0 N–H and O–H groups in total. The van der Waals surface area contributed by atoms with E-state index in [1.54, 1.807) is 23.1 Å². The molecule has 4 heterocycles. The summed E-state index contributed by atoms with van der Waals surface area (Å²) in [6.07, 6.45) is 6.64. The minimum Gasteiger partial charge on any atom is -0.237 e. The number of hydrogen-bond acceptors (Lipinski definition) is 4. The van der Waals surface area contributed by atoms with Crippen LogP contribution in [0.5, 0.6) is 0 Å². The Hall–Kier alpha value is -2.83. The number of halogens is 1. The van der Waals surface area contributed by atoms with Crippen LogP contribution < -0.4 is 0 Å². The van der Waals surface area contributed by atoms with Gasteiger partial charge in [-0.15, -0.1) is 0 Å². The smallest absolute Gasteiger partial charge is 0.223 e. The zero-order chi connectivity index (χ0) is 18.6. The van der Waals surface area contributed by atoms with Gasteiger partial charge in [0.05, 0.1) is 17.4 Å². The van der Waals surface area contributed by atoms with Crippen LogP contribution in [0.25, 0.3) is 22.3 Å². The molecule has 0 aliphatic rings. The number of hydrogen-bond donors (Lipinski definition) is 0. The van der Waals surface area contributed by atoms with Crippen LogP contribution in [-0.2, 0) is 0 Å². The van der Waals surface area contributed by atoms with Crippen LogP contribution in [-0.4, -0.2) is 29.2 Å². The summed E-state index contributed by atoms with van der Waals surface area (Å²) in [5, 5.41) is 8.56. The molecule has 0 saturated carbocycles. The van der Waals surface area contributed by atoms with Crippen molar-refractivity contribution in [1.82, 2.24) is 29.2 Å². The van der Waals surface area contributed by atoms with Crippen molar-refractivity contribution in [2.45, 2.75) is 46.5 Å². The van der Waals surface area contributed by atoms with Crippen molar-refractivity contribution in [3.63, 3.8) is 0 Å². The zero-order valence-corrected chi connectivity index (χ0v) is 15.5. The highest BCUT2D eigenvalue weighted by atomic mass is 19.1. The Morgan fingerprint density at radius 2 is 1.81 bits per heavy atom. The second kappa shape index (κ2) is 5.86. The maximum atomic E-state index is 15.4. The lowest BCUT2D eigenvalue weighted by Gasteiger charge is -2.13. The van der Waals surface area contributed by atoms with Gasteiger partial charge >= 0.3 is 0 Å². The second-order valence-electron chi connectivity index (χ2n) is 7.17. The molecule has 0 radical (unpaired) electrons. The van der Waals surface area contributed by atoms with E-state index in [-0.39, 0.29) is 17.8 Å². The number of aromatic nitrogens is 6. The van der Waals surface area contributed by atoms with E-state index in [2.05, 4.69) is 34.0 Å². The van der Waals surface area contributed by atoms with Crippen molar-refractivity contribution in [1.29, 1.82) is 0 Å². The molecule has 4 rings (SSSR count). The van der Waals surface area contributed by atoms with E-state index in [4.69, 9.17) is 0 Å². The summed E-state index contributed by atoms with van der Waals surface area (Å²) in [5.74, 6) is -0.0596. The van der Waals surface area contributed by atoms with Gasteiger partial charge in [0.25, 0.3) is 0 Å². The maximum absolute atomic E-state index is 15.4. The van der Waals surface area contributed by atoms with E-state index in [9.17, 15) is 0 Å². The molecule has 0 aromatic carbocycles. The molecular formula is C19H21FN6. The molecule has 0 bridgehead atoms. The van der Waals surface area contributed by atoms with E-state index in [0.717, 1.165) is 33.5 Å². The van der Waals surface area contributed by atoms with Crippen LogP contribution in [0.1, 0.15) is 56.4 Å². The fourth-order valence-corrected chi connectivity index (χ4v) is 3.64. The lowest BCUT2D eigenvalue weighted by Crippen LogP contribution is -2.03. The van der Waals surface area contributed by atoms with Gasteiger partial charge in [-0.25, -0.2) is 19.0 Å². The van der Waals surface area contributed by atoms with Gasteiger partial charge in [-0.3, -0.25) is 0 Å². The first-order chi connectivity index (χ1) is 12.4. The monoisotopic (exact) mass is 352 g/mol. The Bertz CT molecular complexity index is 1120. The average molecular weight is 352 g/mol. The molecule has 134 valence electrons. The standard InChI is InChI=1S/C19H21FN6/c1-10(2)14-13(8-23-25-7-6-21-19(14)25)15-12(5)17-16(11(3)4)22-9-24-26(17)18(15)20/h6-11H,1-5H3. The molecule has 0 aliphatic heterocycles. The third-order valence-electron chi connectivity index (χ3n) is 4.80. The van der Waals surface area contributed by atoms with Crippen LogP contribution in [0, 0.1) is 12.9 Å². The first-order valence-electron chi connectivity index (χ1n) is 8.76. The van der Waals surface area contributed by atoms with Crippen molar-refractivity contribution in [3.8, 4) is 11.1 Å². The van der Waals surface area contributed by atoms with Crippen molar-refractivity contribution in [2.24, 2.45) is 0 Å². The molecule has 0 atom stereocenters. The summed E-state index contributed by atoms with van der Waals surface area (Å²) in [5.41, 5.74) is 5.40. The van der Waals surface area contributed by atoms with Gasteiger partial charge in [-0.05, 0) is 24.3 Å². The Balaban J connectivity index is 2.12. The fraction of sp³-hybridized carbons (Fsp3) is 0.368. The molecule has 7 heteroatoms. The summed E-state index contributed by atoms with van der Waals surface area (Å²) < 4.78 is 18.5. The van der Waals surface area contributed by atoms with Gasteiger partial charge in [0.1, 0.15) is 6.33 Å². The largest absolute Gasteiger partial charge is 0.237 e. The highest BCUT2D eigenvalue weighted by Gasteiger charge is 2.26. The van der Waals surface area contributed by atoms with E-state index in [1.807, 2.05) is 20.8 Å². The first-order valence-corrected chi connectivity index (χ1v) is 8.76. The summed E-state index contributed by atoms with van der Waals surface area (Å²) in [7, 11) is 0. The first kappa shape index (κ1) is 16.6. The third-order valence-corrected chi connectivity index (χ3v) is 4.80. The zero-order valence-electron chi connectivity index (χ0n) is 15.5. The predicted molar refractivity (Wildman–Crippen MR) is 97.8 cm³/mol. The molecule has 0 fully saturated rings. The van der Waals surface area contributed by atoms with Gasteiger partial charge in [0.15, 0.2) is 5.65 Å². The normalized spacial score (nSPS) is 12.2. The van der Waals surface area contributed by atoms with Crippen molar-refractivity contribution >= 4 is 11.2 Å². The molecule has 4 aromatic rings. The quantitative estimate of drug-likeness (QED) is 0.556. The van der Waals surface area contributed by atoms with Gasteiger partial charge < -0.3 is 0 Å². The lowest BCUT2D eigenvalue weighted by atomic mass is 9.93. The minimum absolute atomic E-state index is 0.162. The Labute approximate surface area is 150 Å². The Morgan fingerprint density at radius 3 is 2.50 bits per heavy atom. The van der Waals surface area contributed by atoms with E-state index in [1.165, 1.54) is 10.8 Å². The summed E-state index contributed by atoms with van der Waals surface area (Å²) in [6, 6.07) is 0. The molecule has 0 spiro atoms. The van der Waals surface area contributed by atoms with Gasteiger partial charge in [-0.1, -0.05) is 27.7 Å². The molecule has 0 unspecified atom stereocenters. The van der Waals surface area contributed by atoms with Crippen LogP contribution in [0.4, 0.5) is 4.39 Å². The van der Waals surface area contributed by atoms with Crippen molar-refractivity contribution in [3.05, 3.63) is 47.7 Å². The maximum Gasteiger partial charge on any atom is 0.223 e. The minimum atomic E-state index is -0.388. The highest BCUT2D eigenvalue weighted by molar-refractivity contribution is 5.82. The second-order valence-corrected chi connectivity index (χ2v) is 7.17. The van der Waals surface area contributed by atoms with Crippen molar-refractivity contribution in [2.75, 3.05) is 0 Å². The van der Waals surface area contributed by atoms with Crippen LogP contribution in [0.15, 0.2) is 24.9 Å². The Kier molecular flexibility index (Phi) is 3.75. The molecular weight excluding hydrogens is 331 g/mol. The summed E-state index contributed by atoms with van der Waals surface area (Å²) in [4.78, 5) is 8.81. The average Bonchev–Trinajstić information content (AvgIpc) is 3.17. The number of fused-ring (bicyclic) bond motifs is 2. The summed E-state index contributed by atoms with van der Waals surface area (Å²) >= 11 is 0. The molecule has 0 aliphatic carbocycles. The molecule has 4 aromatic heterocycles. The third kappa shape index (κ3) is 2.23. The number of nitrogens with zero attached hydrogens (tertiary/aromatic N) is 6. The molecule has 0 amide bonds. The highest BCUT2D eigenvalue weighted by Crippen LogP contribution is 2.38. The van der Waals surface area contributed by atoms with Gasteiger partial charge in [-0.2, -0.15) is 14.6 Å². The van der Waals surface area contributed by atoms with Gasteiger partial charge in [0.2, 0.25) is 5.95 Å². The molecule has 6 nitrogen and oxygen atoms in total. The fourth-order valence-electron chi connectivity index (χ4n) is 3.64. The van der Waals surface area contributed by atoms with Crippen LogP contribution in [0.2, 0.25) is 0 Å². The van der Waals surface area contributed by atoms with E-state index >= 15 is 4.39 Å². The number of aryl methyl sites for hydroxylation is 1. The number of imidazole rings is 1. The number of rotatable bonds is 3. The van der Waals surface area contributed by atoms with E-state index in [0.29, 0.717) is 5.56 Å². The molecule has 0 saturated heterocycles. The van der Waals surface area contributed by atoms with Crippen molar-refractivity contribution < 1.29 is 4.39 Å². The van der Waals surface area contributed by atoms with E-state index < -0.39 is 0 Å². The SMILES string of the molecule is Cc1c(-c2cnn3ccnc3c2C(C)C)c(F)n2ncnc(C(C)C)c12. The van der Waals surface area contributed by atoms with Crippen LogP contribution >= 0.6 is 0 Å². The Morgan fingerprint density at radius 1 is 1.04 bits per heavy atom. The van der Waals surface area contributed by atoms with Gasteiger partial charge in [0, 0.05) is 29.1 Å². The molecule has 26 heavy (non-hydrogen) atoms. The summed E-state index contributed by atoms with van der Waals surface area (Å²) in [6.45, 7) is 10.2. The topological polar surface area (TPSA) is 60.4 Å².